The van der Waals surface area contributed by atoms with E-state index in [4.69, 9.17) is 21.1 Å². The number of imidazole rings is 1. The summed E-state index contributed by atoms with van der Waals surface area (Å²) in [5, 5.41) is 0.367. The summed E-state index contributed by atoms with van der Waals surface area (Å²) in [6, 6.07) is 1.70. The molecule has 1 aromatic heterocycles. The summed E-state index contributed by atoms with van der Waals surface area (Å²) in [5.74, 6) is -0.113. The van der Waals surface area contributed by atoms with Gasteiger partial charge in [0, 0.05) is 13.1 Å². The average Bonchev–Trinajstić information content (AvgIpc) is 2.84. The molecule has 0 unspecified atom stereocenters. The van der Waals surface area contributed by atoms with Gasteiger partial charge in [-0.25, -0.2) is 4.39 Å². The smallest absolute Gasteiger partial charge is 0.297 e. The molecule has 2 aromatic rings. The Bertz CT molecular complexity index is 681. The SMILES string of the molecule is CCOc1cc(F)c2nc(OC3CCCCC3)n(C)c2c1Cl. The first-order valence-corrected chi connectivity index (χ1v) is 8.13. The number of hydrogen-bond donors (Lipinski definition) is 0. The molecule has 4 nitrogen and oxygen atoms in total. The van der Waals surface area contributed by atoms with Crippen LogP contribution in [0, 0.1) is 5.82 Å². The van der Waals surface area contributed by atoms with Crippen molar-refractivity contribution in [1.82, 2.24) is 9.55 Å². The summed E-state index contributed by atoms with van der Waals surface area (Å²) >= 11 is 6.35. The van der Waals surface area contributed by atoms with Crippen molar-refractivity contribution in [3.8, 4) is 11.8 Å². The van der Waals surface area contributed by atoms with Crippen LogP contribution < -0.4 is 9.47 Å². The third-order valence-electron chi connectivity index (χ3n) is 4.09. The van der Waals surface area contributed by atoms with Gasteiger partial charge in [-0.3, -0.25) is 4.57 Å². The van der Waals surface area contributed by atoms with E-state index in [1.165, 1.54) is 12.5 Å². The molecule has 0 spiro atoms. The van der Waals surface area contributed by atoms with E-state index >= 15 is 0 Å². The van der Waals surface area contributed by atoms with Crippen LogP contribution in [0.15, 0.2) is 6.07 Å². The van der Waals surface area contributed by atoms with Gasteiger partial charge in [0.25, 0.3) is 6.01 Å². The van der Waals surface area contributed by atoms with Crippen molar-refractivity contribution < 1.29 is 13.9 Å². The van der Waals surface area contributed by atoms with Crippen molar-refractivity contribution in [2.45, 2.75) is 45.1 Å². The van der Waals surface area contributed by atoms with E-state index in [0.717, 1.165) is 25.7 Å². The van der Waals surface area contributed by atoms with Crippen LogP contribution in [0.25, 0.3) is 11.0 Å². The molecule has 0 bridgehead atoms. The number of ether oxygens (including phenoxy) is 2. The lowest BCUT2D eigenvalue weighted by Gasteiger charge is -2.22. The second-order valence-electron chi connectivity index (χ2n) is 5.63. The van der Waals surface area contributed by atoms with Crippen LogP contribution in [0.5, 0.6) is 11.8 Å². The standard InChI is InChI=1S/C16H20ClFN2O2/c1-3-21-12-9-11(18)14-15(13(12)17)20(2)16(19-14)22-10-7-5-4-6-8-10/h9-10H,3-8H2,1-2H3. The molecule has 0 N–H and O–H groups in total. The van der Waals surface area contributed by atoms with Gasteiger partial charge in [0.2, 0.25) is 0 Å². The summed E-state index contributed by atoms with van der Waals surface area (Å²) in [5.41, 5.74) is 0.734. The fraction of sp³-hybridized carbons (Fsp3) is 0.562. The summed E-state index contributed by atoms with van der Waals surface area (Å²) in [7, 11) is 1.79. The first-order chi connectivity index (χ1) is 10.6. The van der Waals surface area contributed by atoms with Gasteiger partial charge in [-0.1, -0.05) is 18.0 Å². The molecule has 6 heteroatoms. The molecule has 1 aliphatic carbocycles. The van der Waals surface area contributed by atoms with E-state index in [9.17, 15) is 4.39 Å². The molecule has 22 heavy (non-hydrogen) atoms. The Hall–Kier alpha value is -1.49. The molecule has 1 saturated carbocycles. The minimum absolute atomic E-state index is 0.150. The molecule has 3 rings (SSSR count). The Balaban J connectivity index is 2.00. The van der Waals surface area contributed by atoms with Gasteiger partial charge in [0.15, 0.2) is 5.82 Å². The molecule has 120 valence electrons. The Labute approximate surface area is 134 Å². The summed E-state index contributed by atoms with van der Waals surface area (Å²) in [4.78, 5) is 4.29. The highest BCUT2D eigenvalue weighted by molar-refractivity contribution is 6.36. The molecule has 1 fully saturated rings. The topological polar surface area (TPSA) is 36.3 Å². The fourth-order valence-corrected chi connectivity index (χ4v) is 3.28. The zero-order chi connectivity index (χ0) is 15.7. The molecule has 0 atom stereocenters. The molecule has 0 saturated heterocycles. The lowest BCUT2D eigenvalue weighted by molar-refractivity contribution is 0.138. The number of halogens is 2. The zero-order valence-electron chi connectivity index (χ0n) is 12.9. The molecule has 1 aromatic carbocycles. The second kappa shape index (κ2) is 6.32. The van der Waals surface area contributed by atoms with E-state index in [0.29, 0.717) is 28.9 Å². The largest absolute Gasteiger partial charge is 0.492 e. The molecular formula is C16H20ClFN2O2. The van der Waals surface area contributed by atoms with Crippen molar-refractivity contribution >= 4 is 22.6 Å². The highest BCUT2D eigenvalue weighted by Gasteiger charge is 2.22. The van der Waals surface area contributed by atoms with E-state index in [1.807, 2.05) is 6.92 Å². The van der Waals surface area contributed by atoms with E-state index in [2.05, 4.69) is 4.98 Å². The first-order valence-electron chi connectivity index (χ1n) is 7.75. The van der Waals surface area contributed by atoms with Crippen LogP contribution in [0.2, 0.25) is 5.02 Å². The van der Waals surface area contributed by atoms with Crippen molar-refractivity contribution in [2.75, 3.05) is 6.61 Å². The van der Waals surface area contributed by atoms with Crippen LogP contribution >= 0.6 is 11.6 Å². The first kappa shape index (κ1) is 15.4. The van der Waals surface area contributed by atoms with Gasteiger partial charge in [0.05, 0.1) is 12.1 Å². The van der Waals surface area contributed by atoms with Crippen molar-refractivity contribution in [2.24, 2.45) is 7.05 Å². The third-order valence-corrected chi connectivity index (χ3v) is 4.45. The number of aromatic nitrogens is 2. The van der Waals surface area contributed by atoms with Gasteiger partial charge in [0.1, 0.15) is 22.4 Å². The number of hydrogen-bond acceptors (Lipinski definition) is 3. The van der Waals surface area contributed by atoms with Gasteiger partial charge < -0.3 is 9.47 Å². The van der Waals surface area contributed by atoms with Crippen molar-refractivity contribution in [3.63, 3.8) is 0 Å². The lowest BCUT2D eigenvalue weighted by Crippen LogP contribution is -2.21. The third kappa shape index (κ3) is 2.74. The monoisotopic (exact) mass is 326 g/mol. The maximum Gasteiger partial charge on any atom is 0.297 e. The van der Waals surface area contributed by atoms with E-state index in [1.54, 1.807) is 11.6 Å². The fourth-order valence-electron chi connectivity index (χ4n) is 2.96. The Morgan fingerprint density at radius 1 is 1.36 bits per heavy atom. The molecule has 1 aliphatic rings. The number of benzene rings is 1. The minimum atomic E-state index is -0.447. The highest BCUT2D eigenvalue weighted by atomic mass is 35.5. The lowest BCUT2D eigenvalue weighted by atomic mass is 9.98. The second-order valence-corrected chi connectivity index (χ2v) is 6.01. The molecule has 0 aliphatic heterocycles. The predicted molar refractivity (Wildman–Crippen MR) is 84.4 cm³/mol. The van der Waals surface area contributed by atoms with Crippen LogP contribution in [-0.4, -0.2) is 22.3 Å². The zero-order valence-corrected chi connectivity index (χ0v) is 13.6. The molecule has 0 amide bonds. The number of fused-ring (bicyclic) bond motifs is 1. The molecular weight excluding hydrogens is 307 g/mol. The van der Waals surface area contributed by atoms with Crippen LogP contribution in [-0.2, 0) is 7.05 Å². The number of aryl methyl sites for hydroxylation is 1. The van der Waals surface area contributed by atoms with Gasteiger partial charge in [-0.05, 0) is 32.6 Å². The molecule has 1 heterocycles. The van der Waals surface area contributed by atoms with Gasteiger partial charge >= 0.3 is 0 Å². The van der Waals surface area contributed by atoms with Gasteiger partial charge in [-0.15, -0.1) is 0 Å². The summed E-state index contributed by atoms with van der Waals surface area (Å²) < 4.78 is 27.3. The van der Waals surface area contributed by atoms with E-state index in [-0.39, 0.29) is 11.6 Å². The average molecular weight is 327 g/mol. The molecule has 0 radical (unpaired) electrons. The van der Waals surface area contributed by atoms with E-state index < -0.39 is 5.82 Å². The maximum absolute atomic E-state index is 14.3. The van der Waals surface area contributed by atoms with Crippen LogP contribution in [0.4, 0.5) is 4.39 Å². The Morgan fingerprint density at radius 3 is 2.77 bits per heavy atom. The number of rotatable bonds is 4. The van der Waals surface area contributed by atoms with Gasteiger partial charge in [-0.2, -0.15) is 4.98 Å². The predicted octanol–water partition coefficient (Wildman–Crippen LogP) is 4.48. The normalized spacial score (nSPS) is 16.2. The summed E-state index contributed by atoms with van der Waals surface area (Å²) in [6.07, 6.45) is 5.77. The Kier molecular flexibility index (Phi) is 4.43. The van der Waals surface area contributed by atoms with Crippen molar-refractivity contribution in [1.29, 1.82) is 0 Å². The Morgan fingerprint density at radius 2 is 2.09 bits per heavy atom. The quantitative estimate of drug-likeness (QED) is 0.831. The minimum Gasteiger partial charge on any atom is -0.492 e. The highest BCUT2D eigenvalue weighted by Crippen LogP contribution is 2.37. The summed E-state index contributed by atoms with van der Waals surface area (Å²) in [6.45, 7) is 2.26. The maximum atomic E-state index is 14.3. The van der Waals surface area contributed by atoms with Crippen LogP contribution in [0.1, 0.15) is 39.0 Å². The number of nitrogens with zero attached hydrogens (tertiary/aromatic N) is 2. The van der Waals surface area contributed by atoms with Crippen molar-refractivity contribution in [3.05, 3.63) is 16.9 Å². The van der Waals surface area contributed by atoms with Crippen LogP contribution in [0.3, 0.4) is 0 Å².